The molecule has 0 aliphatic rings. The maximum atomic E-state index is 14.7. The van der Waals surface area contributed by atoms with Gasteiger partial charge in [-0.2, -0.15) is 31.6 Å². The fourth-order valence-electron chi connectivity index (χ4n) is 9.72. The molecule has 2 heterocycles. The summed E-state index contributed by atoms with van der Waals surface area (Å²) in [5, 5.41) is 14.5. The summed E-state index contributed by atoms with van der Waals surface area (Å²) in [5.41, 5.74) is 6.57. The summed E-state index contributed by atoms with van der Waals surface area (Å²) in [4.78, 5) is 0. The van der Waals surface area contributed by atoms with E-state index < -0.39 is 23.5 Å². The number of hydrogen-bond donors (Lipinski definition) is 0. The first-order valence-electron chi connectivity index (χ1n) is 23.6. The van der Waals surface area contributed by atoms with Crippen LogP contribution in [-0.2, 0) is 34.0 Å². The van der Waals surface area contributed by atoms with E-state index in [1.54, 1.807) is 24.3 Å². The zero-order chi connectivity index (χ0) is 50.8. The van der Waals surface area contributed by atoms with Gasteiger partial charge in [0.25, 0.3) is 0 Å². The lowest BCUT2D eigenvalue weighted by Crippen LogP contribution is -2.11. The molecular formula is C61H57F6N3. The van der Waals surface area contributed by atoms with Gasteiger partial charge >= 0.3 is 12.4 Å². The average molecular weight is 946 g/mol. The minimum atomic E-state index is -5.08. The van der Waals surface area contributed by atoms with Gasteiger partial charge in [-0.25, -0.2) is 0 Å². The minimum absolute atomic E-state index is 0.133. The fourth-order valence-corrected chi connectivity index (χ4v) is 9.72. The molecule has 0 amide bonds. The van der Waals surface area contributed by atoms with Crippen LogP contribution in [0, 0.1) is 11.3 Å². The molecule has 9 heteroatoms. The third-order valence-electron chi connectivity index (χ3n) is 13.8. The number of nitrogens with zero attached hydrogens (tertiary/aromatic N) is 3. The Hall–Kier alpha value is -6.79. The molecule has 9 aromatic rings. The summed E-state index contributed by atoms with van der Waals surface area (Å²) < 4.78 is 92.2. The van der Waals surface area contributed by atoms with Gasteiger partial charge in [-0.1, -0.05) is 113 Å². The number of hydrogen-bond acceptors (Lipinski definition) is 1. The van der Waals surface area contributed by atoms with Crippen molar-refractivity contribution in [3.05, 3.63) is 166 Å². The fraction of sp³-hybridized carbons (Fsp3) is 0.295. The molecule has 9 rings (SSSR count). The van der Waals surface area contributed by atoms with Gasteiger partial charge in [0.1, 0.15) is 0 Å². The Morgan fingerprint density at radius 2 is 0.743 bits per heavy atom. The maximum absolute atomic E-state index is 14.7. The number of fused-ring (bicyclic) bond motifs is 6. The van der Waals surface area contributed by atoms with E-state index in [0.29, 0.717) is 22.5 Å². The molecule has 0 atom stereocenters. The standard InChI is InChI=1S/C61H57F6N3/c1-56(2,3)37-14-21-51-47(29-37)48-30-38(57(4,5)6)15-22-52(48)69(51)43-18-19-44(36-26-41(60(62,63)64)28-42(27-36)61(65,66)67)45(33-43)46-25-35(34-68)13-20-53(46)70-54-23-16-39(58(7,8)9)31-49(54)50-32-40(59(10,11)12)17-24-55(50)70/h13-33H,1-12H3. The molecular weight excluding hydrogens is 889 g/mol. The van der Waals surface area contributed by atoms with Crippen molar-refractivity contribution in [3.8, 4) is 39.7 Å². The van der Waals surface area contributed by atoms with Crippen molar-refractivity contribution in [2.24, 2.45) is 0 Å². The smallest absolute Gasteiger partial charge is 0.309 e. The van der Waals surface area contributed by atoms with Crippen molar-refractivity contribution in [2.75, 3.05) is 0 Å². The first kappa shape index (κ1) is 48.2. The summed E-state index contributed by atoms with van der Waals surface area (Å²) in [6.45, 7) is 25.9. The molecule has 0 bridgehead atoms. The van der Waals surface area contributed by atoms with E-state index in [1.165, 1.54) is 0 Å². The summed E-state index contributed by atoms with van der Waals surface area (Å²) in [6.07, 6.45) is -10.2. The number of alkyl halides is 6. The lowest BCUT2D eigenvalue weighted by Gasteiger charge is -2.22. The predicted molar refractivity (Wildman–Crippen MR) is 276 cm³/mol. The van der Waals surface area contributed by atoms with Crippen LogP contribution in [0.2, 0.25) is 0 Å². The molecule has 0 saturated heterocycles. The SMILES string of the molecule is CC(C)(C)c1ccc2c(c1)c1cc(C(C)(C)C)ccc1n2-c1ccc(-c2cc(C(F)(F)F)cc(C(F)(F)F)c2)c(-c2cc(C#N)ccc2-n2c3ccc(C(C)(C)C)cc3c3cc(C(C)(C)C)ccc32)c1. The number of aromatic nitrogens is 2. The van der Waals surface area contributed by atoms with Crippen LogP contribution in [0.4, 0.5) is 26.3 Å². The number of benzene rings is 7. The second kappa shape index (κ2) is 16.1. The van der Waals surface area contributed by atoms with E-state index in [-0.39, 0.29) is 44.4 Å². The van der Waals surface area contributed by atoms with Crippen LogP contribution in [-0.4, -0.2) is 9.13 Å². The Bertz CT molecular complexity index is 3440. The van der Waals surface area contributed by atoms with Crippen molar-refractivity contribution in [1.29, 1.82) is 5.26 Å². The normalized spacial score (nSPS) is 13.3. The van der Waals surface area contributed by atoms with Gasteiger partial charge < -0.3 is 9.13 Å². The van der Waals surface area contributed by atoms with Gasteiger partial charge in [0.2, 0.25) is 0 Å². The van der Waals surface area contributed by atoms with Crippen LogP contribution in [0.1, 0.15) is 122 Å². The van der Waals surface area contributed by atoms with Gasteiger partial charge in [-0.3, -0.25) is 0 Å². The third kappa shape index (κ3) is 8.54. The summed E-state index contributed by atoms with van der Waals surface area (Å²) in [6, 6.07) is 40.0. The Morgan fingerprint density at radius 3 is 1.10 bits per heavy atom. The highest BCUT2D eigenvalue weighted by Crippen LogP contribution is 2.47. The molecule has 0 aliphatic heterocycles. The first-order chi connectivity index (χ1) is 32.4. The summed E-state index contributed by atoms with van der Waals surface area (Å²) in [5.74, 6) is 0. The van der Waals surface area contributed by atoms with Crippen LogP contribution in [0.25, 0.3) is 77.2 Å². The molecule has 2 aromatic heterocycles. The molecule has 0 fully saturated rings. The minimum Gasteiger partial charge on any atom is -0.309 e. The van der Waals surface area contributed by atoms with Crippen LogP contribution in [0.5, 0.6) is 0 Å². The van der Waals surface area contributed by atoms with Gasteiger partial charge in [0.15, 0.2) is 0 Å². The number of rotatable bonds is 4. The van der Waals surface area contributed by atoms with Crippen LogP contribution in [0.3, 0.4) is 0 Å². The first-order valence-corrected chi connectivity index (χ1v) is 23.6. The van der Waals surface area contributed by atoms with Crippen molar-refractivity contribution < 1.29 is 26.3 Å². The van der Waals surface area contributed by atoms with E-state index in [4.69, 9.17) is 0 Å². The van der Waals surface area contributed by atoms with Gasteiger partial charge in [-0.05, 0) is 158 Å². The van der Waals surface area contributed by atoms with Crippen molar-refractivity contribution >= 4 is 43.6 Å². The zero-order valence-electron chi connectivity index (χ0n) is 41.7. The van der Waals surface area contributed by atoms with Crippen molar-refractivity contribution in [2.45, 2.75) is 117 Å². The Morgan fingerprint density at radius 1 is 0.357 bits per heavy atom. The quantitative estimate of drug-likeness (QED) is 0.162. The molecule has 70 heavy (non-hydrogen) atoms. The molecule has 0 unspecified atom stereocenters. The largest absolute Gasteiger partial charge is 0.416 e. The predicted octanol–water partition coefficient (Wildman–Crippen LogP) is 18.3. The highest BCUT2D eigenvalue weighted by molar-refractivity contribution is 6.12. The maximum Gasteiger partial charge on any atom is 0.416 e. The van der Waals surface area contributed by atoms with Gasteiger partial charge in [0.05, 0.1) is 50.5 Å². The van der Waals surface area contributed by atoms with Crippen molar-refractivity contribution in [1.82, 2.24) is 9.13 Å². The molecule has 0 aliphatic carbocycles. The van der Waals surface area contributed by atoms with Crippen LogP contribution in [0.15, 0.2) is 127 Å². The van der Waals surface area contributed by atoms with E-state index >= 15 is 0 Å². The molecule has 0 saturated carbocycles. The van der Waals surface area contributed by atoms with E-state index in [2.05, 4.69) is 171 Å². The van der Waals surface area contributed by atoms with Crippen LogP contribution < -0.4 is 0 Å². The zero-order valence-corrected chi connectivity index (χ0v) is 41.7. The third-order valence-corrected chi connectivity index (χ3v) is 13.8. The highest BCUT2D eigenvalue weighted by Gasteiger charge is 2.37. The van der Waals surface area contributed by atoms with Crippen molar-refractivity contribution in [3.63, 3.8) is 0 Å². The topological polar surface area (TPSA) is 33.6 Å². The lowest BCUT2D eigenvalue weighted by atomic mass is 9.85. The molecule has 3 nitrogen and oxygen atoms in total. The lowest BCUT2D eigenvalue weighted by molar-refractivity contribution is -0.143. The monoisotopic (exact) mass is 945 g/mol. The van der Waals surface area contributed by atoms with Gasteiger partial charge in [0, 0.05) is 32.8 Å². The van der Waals surface area contributed by atoms with E-state index in [9.17, 15) is 31.6 Å². The number of halogens is 6. The Balaban J connectivity index is 1.43. The molecule has 0 N–H and O–H groups in total. The second-order valence-corrected chi connectivity index (χ2v) is 23.0. The molecule has 7 aromatic carbocycles. The Labute approximate surface area is 406 Å². The van der Waals surface area contributed by atoms with E-state index in [0.717, 1.165) is 78.0 Å². The van der Waals surface area contributed by atoms with Crippen LogP contribution >= 0.6 is 0 Å². The van der Waals surface area contributed by atoms with E-state index in [1.807, 2.05) is 12.1 Å². The molecule has 0 spiro atoms. The summed E-state index contributed by atoms with van der Waals surface area (Å²) in [7, 11) is 0. The average Bonchev–Trinajstić information content (AvgIpc) is 3.78. The van der Waals surface area contributed by atoms with Gasteiger partial charge in [-0.15, -0.1) is 0 Å². The summed E-state index contributed by atoms with van der Waals surface area (Å²) >= 11 is 0. The Kier molecular flexibility index (Phi) is 11.1. The number of nitriles is 1. The molecule has 0 radical (unpaired) electrons. The highest BCUT2D eigenvalue weighted by atomic mass is 19.4. The molecule has 358 valence electrons. The second-order valence-electron chi connectivity index (χ2n) is 23.0.